The van der Waals surface area contributed by atoms with Crippen molar-refractivity contribution in [2.75, 3.05) is 0 Å². The minimum absolute atomic E-state index is 0.0579. The molecule has 0 amide bonds. The molecule has 0 aromatic heterocycles. The normalized spacial score (nSPS) is 13.9. The van der Waals surface area contributed by atoms with Gasteiger partial charge in [0.05, 0.1) is 0 Å². The molecule has 0 unspecified atom stereocenters. The first-order chi connectivity index (χ1) is 6.18. The lowest BCUT2D eigenvalue weighted by Gasteiger charge is -1.89. The van der Waals surface area contributed by atoms with Crippen LogP contribution in [0.15, 0.2) is 35.1 Å². The summed E-state index contributed by atoms with van der Waals surface area (Å²) in [5.74, 6) is -0.0579. The third-order valence-corrected chi connectivity index (χ3v) is 2.54. The molecule has 1 aromatic carbocycles. The zero-order valence-corrected chi connectivity index (χ0v) is 8.17. The van der Waals surface area contributed by atoms with E-state index in [0.29, 0.717) is 15.6 Å². The Hall–Kier alpha value is -1.22. The molecule has 3 heteroatoms. The Kier molecular flexibility index (Phi) is 1.88. The molecule has 2 nitrogen and oxygen atoms in total. The Morgan fingerprint density at radius 1 is 1.08 bits per heavy atom. The van der Waals surface area contributed by atoms with Crippen LogP contribution in [0.1, 0.15) is 15.9 Å². The summed E-state index contributed by atoms with van der Waals surface area (Å²) in [5, 5.41) is 0. The van der Waals surface area contributed by atoms with Gasteiger partial charge in [0.2, 0.25) is 0 Å². The molecule has 0 atom stereocenters. The second-order valence-corrected chi connectivity index (χ2v) is 3.61. The summed E-state index contributed by atoms with van der Waals surface area (Å²) in [4.78, 5) is 22.4. The van der Waals surface area contributed by atoms with Crippen LogP contribution in [-0.4, -0.2) is 5.78 Å². The van der Waals surface area contributed by atoms with E-state index in [1.54, 1.807) is 12.1 Å². The second kappa shape index (κ2) is 2.92. The smallest absolute Gasteiger partial charge is 0.187 e. The van der Waals surface area contributed by atoms with Gasteiger partial charge in [0, 0.05) is 21.7 Å². The van der Waals surface area contributed by atoms with Gasteiger partial charge in [-0.25, -0.2) is 0 Å². The molecule has 13 heavy (non-hydrogen) atoms. The van der Waals surface area contributed by atoms with Crippen LogP contribution in [-0.2, 0) is 0 Å². The summed E-state index contributed by atoms with van der Waals surface area (Å²) in [5.41, 5.74) is 1.16. The van der Waals surface area contributed by atoms with Crippen molar-refractivity contribution >= 4 is 26.2 Å². The molecule has 0 saturated heterocycles. The number of ketones is 1. The van der Waals surface area contributed by atoms with Crippen molar-refractivity contribution in [1.82, 2.24) is 0 Å². The van der Waals surface area contributed by atoms with Gasteiger partial charge in [0.15, 0.2) is 11.2 Å². The molecule has 0 spiro atoms. The topological polar surface area (TPSA) is 34.1 Å². The lowest BCUT2D eigenvalue weighted by molar-refractivity contribution is 0.105. The van der Waals surface area contributed by atoms with E-state index < -0.39 is 0 Å². The second-order valence-electron chi connectivity index (χ2n) is 2.76. The van der Waals surface area contributed by atoms with Crippen LogP contribution in [0, 0.1) is 0 Å². The van der Waals surface area contributed by atoms with Crippen LogP contribution in [0.5, 0.6) is 0 Å². The highest BCUT2D eigenvalue weighted by atomic mass is 79.9. The number of hydrogen-bond donors (Lipinski definition) is 0. The molecule has 1 aliphatic carbocycles. The maximum atomic E-state index is 11.3. The maximum Gasteiger partial charge on any atom is 0.187 e. The van der Waals surface area contributed by atoms with Gasteiger partial charge in [-0.2, -0.15) is 0 Å². The summed E-state index contributed by atoms with van der Waals surface area (Å²) in [6.45, 7) is 0. The van der Waals surface area contributed by atoms with Crippen molar-refractivity contribution in [2.24, 2.45) is 0 Å². The largest absolute Gasteiger partial charge is 0.290 e. The first-order valence-corrected chi connectivity index (χ1v) is 4.54. The fourth-order valence-electron chi connectivity index (χ4n) is 1.28. The quantitative estimate of drug-likeness (QED) is 0.691. The van der Waals surface area contributed by atoms with E-state index in [9.17, 15) is 9.59 Å². The van der Waals surface area contributed by atoms with Gasteiger partial charge in [-0.05, 0) is 12.1 Å². The van der Waals surface area contributed by atoms with Crippen LogP contribution < -0.4 is 5.43 Å². The molecule has 64 valence electrons. The van der Waals surface area contributed by atoms with E-state index >= 15 is 0 Å². The van der Waals surface area contributed by atoms with Crippen molar-refractivity contribution in [1.29, 1.82) is 0 Å². The molecule has 0 fully saturated rings. The van der Waals surface area contributed by atoms with Gasteiger partial charge in [-0.15, -0.1) is 0 Å². The van der Waals surface area contributed by atoms with Crippen LogP contribution in [0.2, 0.25) is 0 Å². The zero-order valence-electron chi connectivity index (χ0n) is 6.58. The van der Waals surface area contributed by atoms with Crippen molar-refractivity contribution in [2.45, 2.75) is 0 Å². The molecule has 2 rings (SSSR count). The summed E-state index contributed by atoms with van der Waals surface area (Å²) < 4.78 is 0.681. The van der Waals surface area contributed by atoms with Crippen LogP contribution >= 0.6 is 15.9 Å². The third-order valence-electron chi connectivity index (χ3n) is 1.88. The number of fused-ring (bicyclic) bond motifs is 1. The number of carbonyl (C=O) groups excluding carboxylic acids is 1. The van der Waals surface area contributed by atoms with E-state index in [-0.39, 0.29) is 11.2 Å². The van der Waals surface area contributed by atoms with E-state index in [0.717, 1.165) is 0 Å². The Labute approximate surface area is 83.0 Å². The average Bonchev–Trinajstić information content (AvgIpc) is 2.28. The molecule has 0 N–H and O–H groups in total. The SMILES string of the molecule is O=C1C=C(Br)c2cc(=O)cccc21. The first-order valence-electron chi connectivity index (χ1n) is 3.75. The van der Waals surface area contributed by atoms with Gasteiger partial charge < -0.3 is 0 Å². The van der Waals surface area contributed by atoms with Gasteiger partial charge >= 0.3 is 0 Å². The van der Waals surface area contributed by atoms with E-state index in [4.69, 9.17) is 0 Å². The molecule has 1 aliphatic rings. The summed E-state index contributed by atoms with van der Waals surface area (Å²) in [6.07, 6.45) is 1.48. The van der Waals surface area contributed by atoms with Gasteiger partial charge in [0.25, 0.3) is 0 Å². The number of rotatable bonds is 0. The lowest BCUT2D eigenvalue weighted by atomic mass is 10.2. The number of carbonyl (C=O) groups is 1. The molecule has 0 heterocycles. The number of hydrogen-bond acceptors (Lipinski definition) is 2. The molecule has 1 aromatic rings. The summed E-state index contributed by atoms with van der Waals surface area (Å²) in [6, 6.07) is 6.15. The van der Waals surface area contributed by atoms with Gasteiger partial charge in [0.1, 0.15) is 0 Å². The predicted molar refractivity (Wildman–Crippen MR) is 53.9 cm³/mol. The van der Waals surface area contributed by atoms with Crippen LogP contribution in [0.3, 0.4) is 0 Å². The highest BCUT2D eigenvalue weighted by Crippen LogP contribution is 2.29. The summed E-state index contributed by atoms with van der Waals surface area (Å²) >= 11 is 3.23. The number of allylic oxidation sites excluding steroid dienone is 1. The van der Waals surface area contributed by atoms with Crippen molar-refractivity contribution in [3.8, 4) is 0 Å². The Morgan fingerprint density at radius 3 is 2.62 bits per heavy atom. The number of halogens is 1. The Morgan fingerprint density at radius 2 is 1.85 bits per heavy atom. The van der Waals surface area contributed by atoms with Gasteiger partial charge in [-0.3, -0.25) is 9.59 Å². The summed E-state index contributed by atoms with van der Waals surface area (Å²) in [7, 11) is 0. The van der Waals surface area contributed by atoms with E-state index in [1.165, 1.54) is 18.2 Å². The van der Waals surface area contributed by atoms with Crippen LogP contribution in [0.25, 0.3) is 4.48 Å². The molecule has 0 aliphatic heterocycles. The van der Waals surface area contributed by atoms with E-state index in [2.05, 4.69) is 15.9 Å². The molecule has 0 bridgehead atoms. The van der Waals surface area contributed by atoms with Gasteiger partial charge in [-0.1, -0.05) is 28.1 Å². The third kappa shape index (κ3) is 1.35. The fourth-order valence-corrected chi connectivity index (χ4v) is 1.82. The standard InChI is InChI=1S/C10H5BrO2/c11-9-5-10(13)7-3-1-2-6(12)4-8(7)9/h1-5H. The lowest BCUT2D eigenvalue weighted by Crippen LogP contribution is -1.92. The minimum atomic E-state index is -0.0960. The minimum Gasteiger partial charge on any atom is -0.290 e. The highest BCUT2D eigenvalue weighted by molar-refractivity contribution is 9.15. The zero-order chi connectivity index (χ0) is 9.42. The molecular weight excluding hydrogens is 232 g/mol. The predicted octanol–water partition coefficient (Wildman–Crippen LogP) is 1.98. The Balaban J connectivity index is 2.83. The molecular formula is C10H5BrO2. The molecule has 0 radical (unpaired) electrons. The highest BCUT2D eigenvalue weighted by Gasteiger charge is 2.18. The van der Waals surface area contributed by atoms with Crippen molar-refractivity contribution < 1.29 is 4.79 Å². The van der Waals surface area contributed by atoms with Crippen LogP contribution in [0.4, 0.5) is 0 Å². The monoisotopic (exact) mass is 236 g/mol. The maximum absolute atomic E-state index is 11.3. The molecule has 0 saturated carbocycles. The average molecular weight is 237 g/mol. The Bertz CT molecular complexity index is 475. The van der Waals surface area contributed by atoms with Crippen molar-refractivity contribution in [3.63, 3.8) is 0 Å². The first kappa shape index (κ1) is 8.38. The van der Waals surface area contributed by atoms with Crippen molar-refractivity contribution in [3.05, 3.63) is 51.7 Å². The van der Waals surface area contributed by atoms with E-state index in [1.807, 2.05) is 0 Å². The fraction of sp³-hybridized carbons (Fsp3) is 0.